The van der Waals surface area contributed by atoms with Crippen LogP contribution in [0.2, 0.25) is 0 Å². The van der Waals surface area contributed by atoms with Crippen molar-refractivity contribution in [2.75, 3.05) is 18.5 Å². The Morgan fingerprint density at radius 3 is 2.84 bits per heavy atom. The van der Waals surface area contributed by atoms with Gasteiger partial charge in [0.05, 0.1) is 11.5 Å². The van der Waals surface area contributed by atoms with Crippen LogP contribution in [-0.2, 0) is 0 Å². The Bertz CT molecular complexity index is 425. The predicted molar refractivity (Wildman–Crippen MR) is 72.4 cm³/mol. The maximum absolute atomic E-state index is 10.9. The Morgan fingerprint density at radius 1 is 1.53 bits per heavy atom. The second kappa shape index (κ2) is 7.50. The van der Waals surface area contributed by atoms with E-state index in [0.717, 1.165) is 12.8 Å². The minimum absolute atomic E-state index is 0.0268. The molecule has 0 aliphatic rings. The summed E-state index contributed by atoms with van der Waals surface area (Å²) in [4.78, 5) is 18.3. The van der Waals surface area contributed by atoms with Crippen molar-refractivity contribution in [3.63, 3.8) is 0 Å². The number of ether oxygens (including phenoxy) is 1. The Labute approximate surface area is 112 Å². The minimum atomic E-state index is -0.532. The van der Waals surface area contributed by atoms with Gasteiger partial charge in [-0.05, 0) is 19.3 Å². The summed E-state index contributed by atoms with van der Waals surface area (Å²) in [6.07, 6.45) is 3.24. The summed E-state index contributed by atoms with van der Waals surface area (Å²) in [6, 6.07) is 0. The van der Waals surface area contributed by atoms with Crippen LogP contribution in [0.4, 0.5) is 11.6 Å². The average molecular weight is 268 g/mol. The molecule has 0 aromatic carbocycles. The zero-order valence-corrected chi connectivity index (χ0v) is 11.5. The van der Waals surface area contributed by atoms with Gasteiger partial charge in [0.25, 0.3) is 5.88 Å². The second-order valence-corrected chi connectivity index (χ2v) is 4.38. The van der Waals surface area contributed by atoms with Crippen LogP contribution in [0.3, 0.4) is 0 Å². The van der Waals surface area contributed by atoms with Crippen LogP contribution >= 0.6 is 0 Å². The number of rotatable bonds is 8. The summed E-state index contributed by atoms with van der Waals surface area (Å²) in [6.45, 7) is 7.09. The molecule has 0 radical (unpaired) electrons. The largest absolute Gasteiger partial charge is 0.472 e. The Kier molecular flexibility index (Phi) is 5.98. The molecule has 0 aliphatic carbocycles. The van der Waals surface area contributed by atoms with Crippen molar-refractivity contribution in [2.24, 2.45) is 5.92 Å². The lowest BCUT2D eigenvalue weighted by Gasteiger charge is -2.12. The van der Waals surface area contributed by atoms with Gasteiger partial charge in [0.15, 0.2) is 0 Å². The SMILES string of the molecule is CCCC(C)COc1nc(NCC)ncc1[N+](=O)[O-]. The first-order valence-electron chi connectivity index (χ1n) is 6.46. The van der Waals surface area contributed by atoms with Crippen LogP contribution in [0.1, 0.15) is 33.6 Å². The molecular weight excluding hydrogens is 248 g/mol. The number of nitro groups is 1. The van der Waals surface area contributed by atoms with Crippen LogP contribution in [0.5, 0.6) is 5.88 Å². The number of nitrogens with one attached hydrogen (secondary N) is 1. The molecule has 106 valence electrons. The van der Waals surface area contributed by atoms with Crippen LogP contribution in [-0.4, -0.2) is 28.0 Å². The molecule has 1 aromatic rings. The lowest BCUT2D eigenvalue weighted by Crippen LogP contribution is -2.12. The lowest BCUT2D eigenvalue weighted by molar-refractivity contribution is -0.386. The van der Waals surface area contributed by atoms with Gasteiger partial charge in [-0.2, -0.15) is 4.98 Å². The van der Waals surface area contributed by atoms with Gasteiger partial charge in [-0.3, -0.25) is 10.1 Å². The molecule has 0 saturated carbocycles. The van der Waals surface area contributed by atoms with Gasteiger partial charge in [0.1, 0.15) is 6.20 Å². The zero-order valence-electron chi connectivity index (χ0n) is 11.5. The number of hydrogen-bond donors (Lipinski definition) is 1. The zero-order chi connectivity index (χ0) is 14.3. The number of nitrogens with zero attached hydrogens (tertiary/aromatic N) is 3. The maximum Gasteiger partial charge on any atom is 0.349 e. The molecule has 1 aromatic heterocycles. The lowest BCUT2D eigenvalue weighted by atomic mass is 10.1. The van der Waals surface area contributed by atoms with E-state index in [1.807, 2.05) is 13.8 Å². The molecule has 0 saturated heterocycles. The molecule has 19 heavy (non-hydrogen) atoms. The average Bonchev–Trinajstić information content (AvgIpc) is 2.37. The highest BCUT2D eigenvalue weighted by Crippen LogP contribution is 2.25. The van der Waals surface area contributed by atoms with Crippen molar-refractivity contribution in [3.05, 3.63) is 16.3 Å². The molecular formula is C12H20N4O3. The van der Waals surface area contributed by atoms with E-state index < -0.39 is 4.92 Å². The summed E-state index contributed by atoms with van der Waals surface area (Å²) >= 11 is 0. The van der Waals surface area contributed by atoms with E-state index in [1.54, 1.807) is 0 Å². The first-order chi connectivity index (χ1) is 9.08. The normalized spacial score (nSPS) is 11.9. The fourth-order valence-electron chi connectivity index (χ4n) is 1.63. The highest BCUT2D eigenvalue weighted by Gasteiger charge is 2.19. The van der Waals surface area contributed by atoms with Gasteiger partial charge in [-0.15, -0.1) is 0 Å². The molecule has 7 nitrogen and oxygen atoms in total. The molecule has 0 bridgehead atoms. The van der Waals surface area contributed by atoms with Crippen LogP contribution in [0.25, 0.3) is 0 Å². The van der Waals surface area contributed by atoms with Crippen molar-refractivity contribution in [1.29, 1.82) is 0 Å². The fourth-order valence-corrected chi connectivity index (χ4v) is 1.63. The van der Waals surface area contributed by atoms with Gasteiger partial charge in [-0.25, -0.2) is 4.98 Å². The molecule has 1 N–H and O–H groups in total. The summed E-state index contributed by atoms with van der Waals surface area (Å²) in [7, 11) is 0. The second-order valence-electron chi connectivity index (χ2n) is 4.38. The molecule has 1 rings (SSSR count). The van der Waals surface area contributed by atoms with Crippen molar-refractivity contribution < 1.29 is 9.66 Å². The maximum atomic E-state index is 10.9. The topological polar surface area (TPSA) is 90.2 Å². The van der Waals surface area contributed by atoms with Gasteiger partial charge < -0.3 is 10.1 Å². The molecule has 7 heteroatoms. The standard InChI is InChI=1S/C12H20N4O3/c1-4-6-9(3)8-19-11-10(16(17)18)7-14-12(15-11)13-5-2/h7,9H,4-6,8H2,1-3H3,(H,13,14,15). The van der Waals surface area contributed by atoms with E-state index in [9.17, 15) is 10.1 Å². The van der Waals surface area contributed by atoms with E-state index in [2.05, 4.69) is 22.2 Å². The van der Waals surface area contributed by atoms with E-state index >= 15 is 0 Å². The van der Waals surface area contributed by atoms with E-state index in [4.69, 9.17) is 4.74 Å². The number of aromatic nitrogens is 2. The molecule has 1 heterocycles. The van der Waals surface area contributed by atoms with Gasteiger partial charge in [-0.1, -0.05) is 20.3 Å². The molecule has 0 aliphatic heterocycles. The quantitative estimate of drug-likeness (QED) is 0.575. The summed E-state index contributed by atoms with van der Waals surface area (Å²) in [5.74, 6) is 0.701. The highest BCUT2D eigenvalue weighted by atomic mass is 16.6. The van der Waals surface area contributed by atoms with E-state index in [1.165, 1.54) is 6.20 Å². The molecule has 1 atom stereocenters. The molecule has 0 spiro atoms. The smallest absolute Gasteiger partial charge is 0.349 e. The third kappa shape index (κ3) is 4.69. The minimum Gasteiger partial charge on any atom is -0.472 e. The van der Waals surface area contributed by atoms with Crippen molar-refractivity contribution in [2.45, 2.75) is 33.6 Å². The van der Waals surface area contributed by atoms with Gasteiger partial charge in [0, 0.05) is 6.54 Å². The van der Waals surface area contributed by atoms with Crippen molar-refractivity contribution in [1.82, 2.24) is 9.97 Å². The van der Waals surface area contributed by atoms with Gasteiger partial charge in [0.2, 0.25) is 5.95 Å². The Balaban J connectivity index is 2.82. The molecule has 0 fully saturated rings. The summed E-state index contributed by atoms with van der Waals surface area (Å²) < 4.78 is 5.47. The fraction of sp³-hybridized carbons (Fsp3) is 0.667. The van der Waals surface area contributed by atoms with Crippen LogP contribution in [0, 0.1) is 16.0 Å². The summed E-state index contributed by atoms with van der Waals surface area (Å²) in [5.41, 5.74) is -0.203. The van der Waals surface area contributed by atoms with E-state index in [-0.39, 0.29) is 11.6 Å². The van der Waals surface area contributed by atoms with Gasteiger partial charge >= 0.3 is 5.69 Å². The third-order valence-corrected chi connectivity index (χ3v) is 2.55. The first kappa shape index (κ1) is 15.1. The molecule has 1 unspecified atom stereocenters. The van der Waals surface area contributed by atoms with Crippen molar-refractivity contribution in [3.8, 4) is 5.88 Å². The van der Waals surface area contributed by atoms with E-state index in [0.29, 0.717) is 25.0 Å². The van der Waals surface area contributed by atoms with Crippen LogP contribution < -0.4 is 10.1 Å². The predicted octanol–water partition coefficient (Wildman–Crippen LogP) is 2.63. The van der Waals surface area contributed by atoms with Crippen LogP contribution in [0.15, 0.2) is 6.20 Å². The highest BCUT2D eigenvalue weighted by molar-refractivity contribution is 5.43. The monoisotopic (exact) mass is 268 g/mol. The number of hydrogen-bond acceptors (Lipinski definition) is 6. The number of anilines is 1. The Hall–Kier alpha value is -1.92. The third-order valence-electron chi connectivity index (χ3n) is 2.55. The molecule has 0 amide bonds. The first-order valence-corrected chi connectivity index (χ1v) is 6.46. The summed E-state index contributed by atoms with van der Waals surface area (Å²) in [5, 5.41) is 13.8. The Morgan fingerprint density at radius 2 is 2.26 bits per heavy atom. The van der Waals surface area contributed by atoms with Crippen molar-refractivity contribution >= 4 is 11.6 Å².